The van der Waals surface area contributed by atoms with Gasteiger partial charge in [0.2, 0.25) is 0 Å². The van der Waals surface area contributed by atoms with Crippen LogP contribution in [0.25, 0.3) is 0 Å². The van der Waals surface area contributed by atoms with Crippen LogP contribution in [-0.2, 0) is 0 Å². The maximum Gasteiger partial charge on any atom is 0.393 e. The minimum Gasteiger partial charge on any atom is -0.392 e. The van der Waals surface area contributed by atoms with Gasteiger partial charge in [0.1, 0.15) is 0 Å². The summed E-state index contributed by atoms with van der Waals surface area (Å²) in [5, 5.41) is 11.4. The molecule has 12 heavy (non-hydrogen) atoms. The third-order valence-electron chi connectivity index (χ3n) is 1.79. The van der Waals surface area contributed by atoms with E-state index in [0.717, 1.165) is 0 Å². The van der Waals surface area contributed by atoms with Crippen molar-refractivity contribution in [2.24, 2.45) is 5.92 Å². The second-order valence-electron chi connectivity index (χ2n) is 2.79. The van der Waals surface area contributed by atoms with Gasteiger partial charge in [-0.25, -0.2) is 0 Å². The Morgan fingerprint density at radius 3 is 2.17 bits per heavy atom. The molecule has 1 saturated heterocycles. The molecule has 0 aromatic heterocycles. The van der Waals surface area contributed by atoms with Crippen LogP contribution in [0, 0.1) is 5.92 Å². The van der Waals surface area contributed by atoms with Crippen molar-refractivity contribution in [3.05, 3.63) is 0 Å². The quantitative estimate of drug-likeness (QED) is 0.617. The van der Waals surface area contributed by atoms with Crippen LogP contribution in [0.2, 0.25) is 0 Å². The third kappa shape index (κ3) is 3.16. The number of piperidine rings is 1. The van der Waals surface area contributed by atoms with Gasteiger partial charge in [0.25, 0.3) is 0 Å². The molecule has 2 atom stereocenters. The zero-order chi connectivity index (χ0) is 8.48. The van der Waals surface area contributed by atoms with Crippen LogP contribution in [0.1, 0.15) is 6.42 Å². The monoisotopic (exact) mass is 205 g/mol. The van der Waals surface area contributed by atoms with Crippen molar-refractivity contribution >= 4 is 12.4 Å². The largest absolute Gasteiger partial charge is 0.393 e. The third-order valence-corrected chi connectivity index (χ3v) is 1.79. The van der Waals surface area contributed by atoms with Gasteiger partial charge in [-0.2, -0.15) is 13.2 Å². The first kappa shape index (κ1) is 12.0. The molecule has 2 N–H and O–H groups in total. The Bertz CT molecular complexity index is 141. The standard InChI is InChI=1S/C6H10F3NO.ClH/c7-6(8,9)4-1-5(11)3-10-2-4;/h4-5,10-11H,1-3H2;1H/t4-,5-;/m1./s1. The molecule has 1 heterocycles. The van der Waals surface area contributed by atoms with Gasteiger partial charge in [-0.15, -0.1) is 12.4 Å². The summed E-state index contributed by atoms with van der Waals surface area (Å²) in [5.41, 5.74) is 0. The molecule has 1 aliphatic heterocycles. The summed E-state index contributed by atoms with van der Waals surface area (Å²) in [4.78, 5) is 0. The van der Waals surface area contributed by atoms with E-state index in [1.54, 1.807) is 0 Å². The molecule has 0 unspecified atom stereocenters. The molecular formula is C6H11ClF3NO. The highest BCUT2D eigenvalue weighted by atomic mass is 35.5. The lowest BCUT2D eigenvalue weighted by Crippen LogP contribution is -2.45. The Balaban J connectivity index is 0.00000121. The first-order valence-electron chi connectivity index (χ1n) is 3.45. The smallest absolute Gasteiger partial charge is 0.392 e. The second kappa shape index (κ2) is 4.30. The average molecular weight is 206 g/mol. The topological polar surface area (TPSA) is 32.3 Å². The Hall–Kier alpha value is -0.0000000000000000555. The SMILES string of the molecule is Cl.O[C@H]1CNC[C@H](C(F)(F)F)C1. The van der Waals surface area contributed by atoms with Crippen LogP contribution in [0.15, 0.2) is 0 Å². The highest BCUT2D eigenvalue weighted by Crippen LogP contribution is 2.30. The van der Waals surface area contributed by atoms with Crippen molar-refractivity contribution in [1.29, 1.82) is 0 Å². The summed E-state index contributed by atoms with van der Waals surface area (Å²) in [7, 11) is 0. The molecule has 0 radical (unpaired) electrons. The minimum absolute atomic E-state index is 0. The zero-order valence-corrected chi connectivity index (χ0v) is 7.08. The van der Waals surface area contributed by atoms with E-state index in [-0.39, 0.29) is 31.9 Å². The van der Waals surface area contributed by atoms with Crippen molar-refractivity contribution in [3.8, 4) is 0 Å². The zero-order valence-electron chi connectivity index (χ0n) is 6.27. The van der Waals surface area contributed by atoms with Crippen molar-refractivity contribution < 1.29 is 18.3 Å². The lowest BCUT2D eigenvalue weighted by atomic mass is 9.97. The maximum absolute atomic E-state index is 12.0. The van der Waals surface area contributed by atoms with Crippen LogP contribution < -0.4 is 5.32 Å². The van der Waals surface area contributed by atoms with Crippen molar-refractivity contribution in [3.63, 3.8) is 0 Å². The number of β-amino-alcohol motifs (C(OH)–C–C–N with tert-alkyl or cyclic N) is 1. The second-order valence-corrected chi connectivity index (χ2v) is 2.79. The van der Waals surface area contributed by atoms with Gasteiger partial charge in [-0.3, -0.25) is 0 Å². The molecule has 0 aromatic carbocycles. The fourth-order valence-electron chi connectivity index (χ4n) is 1.17. The van der Waals surface area contributed by atoms with E-state index in [1.807, 2.05) is 0 Å². The van der Waals surface area contributed by atoms with Gasteiger partial charge < -0.3 is 10.4 Å². The average Bonchev–Trinajstić information content (AvgIpc) is 1.86. The van der Waals surface area contributed by atoms with Crippen LogP contribution in [0.3, 0.4) is 0 Å². The number of alkyl halides is 3. The van der Waals surface area contributed by atoms with E-state index in [2.05, 4.69) is 5.32 Å². The van der Waals surface area contributed by atoms with Crippen LogP contribution in [0.5, 0.6) is 0 Å². The highest BCUT2D eigenvalue weighted by molar-refractivity contribution is 5.85. The summed E-state index contributed by atoms with van der Waals surface area (Å²) in [6.07, 6.45) is -5.19. The van der Waals surface area contributed by atoms with E-state index in [9.17, 15) is 13.2 Å². The lowest BCUT2D eigenvalue weighted by molar-refractivity contribution is -0.185. The normalized spacial score (nSPS) is 31.0. The number of halogens is 4. The van der Waals surface area contributed by atoms with Gasteiger partial charge >= 0.3 is 6.18 Å². The lowest BCUT2D eigenvalue weighted by Gasteiger charge is -2.28. The molecule has 0 amide bonds. The number of rotatable bonds is 0. The van der Waals surface area contributed by atoms with Gasteiger partial charge in [-0.1, -0.05) is 0 Å². The Morgan fingerprint density at radius 2 is 1.83 bits per heavy atom. The summed E-state index contributed by atoms with van der Waals surface area (Å²) >= 11 is 0. The molecule has 1 aliphatic rings. The summed E-state index contributed by atoms with van der Waals surface area (Å²) in [5.74, 6) is -1.38. The number of nitrogens with one attached hydrogen (secondary N) is 1. The fourth-order valence-corrected chi connectivity index (χ4v) is 1.17. The summed E-state index contributed by atoms with van der Waals surface area (Å²) in [6, 6.07) is 0. The molecule has 0 bridgehead atoms. The number of hydrogen-bond acceptors (Lipinski definition) is 2. The number of aliphatic hydroxyl groups excluding tert-OH is 1. The molecule has 1 fully saturated rings. The molecule has 1 rings (SSSR count). The van der Waals surface area contributed by atoms with Crippen LogP contribution >= 0.6 is 12.4 Å². The number of aliphatic hydroxyl groups is 1. The molecule has 0 spiro atoms. The predicted octanol–water partition coefficient (Wildman–Crippen LogP) is 0.941. The molecule has 0 aromatic rings. The molecule has 6 heteroatoms. The molecule has 0 aliphatic carbocycles. The molecule has 74 valence electrons. The number of hydrogen-bond donors (Lipinski definition) is 2. The van der Waals surface area contributed by atoms with E-state index >= 15 is 0 Å². The molecule has 0 saturated carbocycles. The summed E-state index contributed by atoms with van der Waals surface area (Å²) < 4.78 is 35.9. The predicted molar refractivity (Wildman–Crippen MR) is 40.3 cm³/mol. The van der Waals surface area contributed by atoms with Gasteiger partial charge in [0, 0.05) is 13.1 Å². The van der Waals surface area contributed by atoms with E-state index in [0.29, 0.717) is 0 Å². The first-order valence-corrected chi connectivity index (χ1v) is 3.45. The fraction of sp³-hybridized carbons (Fsp3) is 1.00. The Kier molecular flexibility index (Phi) is 4.30. The van der Waals surface area contributed by atoms with Crippen molar-refractivity contribution in [2.45, 2.75) is 18.7 Å². The van der Waals surface area contributed by atoms with Gasteiger partial charge in [-0.05, 0) is 6.42 Å². The Labute approximate surface area is 74.6 Å². The first-order chi connectivity index (χ1) is 5.00. The van der Waals surface area contributed by atoms with Crippen molar-refractivity contribution in [2.75, 3.05) is 13.1 Å². The van der Waals surface area contributed by atoms with Gasteiger partial charge in [0.05, 0.1) is 12.0 Å². The molecule has 2 nitrogen and oxygen atoms in total. The maximum atomic E-state index is 12.0. The summed E-state index contributed by atoms with van der Waals surface area (Å²) in [6.45, 7) is 0.202. The Morgan fingerprint density at radius 1 is 1.25 bits per heavy atom. The van der Waals surface area contributed by atoms with E-state index in [4.69, 9.17) is 5.11 Å². The van der Waals surface area contributed by atoms with E-state index < -0.39 is 18.2 Å². The minimum atomic E-state index is -4.17. The van der Waals surface area contributed by atoms with E-state index in [1.165, 1.54) is 0 Å². The highest BCUT2D eigenvalue weighted by Gasteiger charge is 2.41. The van der Waals surface area contributed by atoms with Crippen LogP contribution in [0.4, 0.5) is 13.2 Å². The molecular weight excluding hydrogens is 195 g/mol. The van der Waals surface area contributed by atoms with Crippen molar-refractivity contribution in [1.82, 2.24) is 5.32 Å². The van der Waals surface area contributed by atoms with Crippen LogP contribution in [-0.4, -0.2) is 30.5 Å². The van der Waals surface area contributed by atoms with Gasteiger partial charge in [0.15, 0.2) is 0 Å².